The van der Waals surface area contributed by atoms with Crippen LogP contribution in [0.5, 0.6) is 0 Å². The lowest BCUT2D eigenvalue weighted by Crippen LogP contribution is -2.30. The average molecular weight is 322 g/mol. The van der Waals surface area contributed by atoms with Crippen molar-refractivity contribution in [2.75, 3.05) is 33.1 Å². The fourth-order valence-electron chi connectivity index (χ4n) is 3.00. The molecule has 0 radical (unpaired) electrons. The summed E-state index contributed by atoms with van der Waals surface area (Å²) in [7, 11) is 8.09. The van der Waals surface area contributed by atoms with Gasteiger partial charge in [0, 0.05) is 45.0 Å². The van der Waals surface area contributed by atoms with Crippen molar-refractivity contribution in [3.05, 3.63) is 65.2 Å². The fourth-order valence-corrected chi connectivity index (χ4v) is 3.00. The Labute approximate surface area is 142 Å². The van der Waals surface area contributed by atoms with E-state index in [0.29, 0.717) is 5.56 Å². The molecule has 0 saturated carbocycles. The molecule has 0 aromatic heterocycles. The summed E-state index contributed by atoms with van der Waals surface area (Å²) in [5.41, 5.74) is 4.04. The summed E-state index contributed by atoms with van der Waals surface area (Å²) in [6.45, 7) is 0. The molecule has 0 amide bonds. The zero-order chi connectivity index (χ0) is 17.3. The molecule has 124 valence electrons. The number of amidine groups is 1. The van der Waals surface area contributed by atoms with Crippen molar-refractivity contribution in [2.45, 2.75) is 6.17 Å². The highest BCUT2D eigenvalue weighted by Crippen LogP contribution is 2.31. The Morgan fingerprint density at radius 3 is 2.17 bits per heavy atom. The summed E-state index contributed by atoms with van der Waals surface area (Å²) < 4.78 is 0. The molecular weight excluding hydrogens is 300 g/mol. The van der Waals surface area contributed by atoms with Crippen molar-refractivity contribution in [3.8, 4) is 0 Å². The van der Waals surface area contributed by atoms with Crippen LogP contribution < -0.4 is 4.90 Å². The Kier molecular flexibility index (Phi) is 4.25. The summed E-state index contributed by atoms with van der Waals surface area (Å²) in [4.78, 5) is 15.1. The van der Waals surface area contributed by atoms with Crippen molar-refractivity contribution in [2.24, 2.45) is 5.10 Å². The lowest BCUT2D eigenvalue weighted by atomic mass is 10.1. The van der Waals surface area contributed by atoms with Gasteiger partial charge in [0.1, 0.15) is 12.5 Å². The smallest absolute Gasteiger partial charge is 0.157 e. The Bertz CT molecular complexity index is 750. The molecule has 1 heterocycles. The standard InChI is InChI=1S/C19H22N4O/c1-21(2)17-11-9-16(10-12-17)19-22(3)18(20-23(19)4)15-7-5-14(13-24)6-8-15/h5-13,19H,1-4H3. The number of hydrazone groups is 1. The van der Waals surface area contributed by atoms with E-state index in [4.69, 9.17) is 0 Å². The zero-order valence-corrected chi connectivity index (χ0v) is 14.5. The van der Waals surface area contributed by atoms with E-state index in [1.165, 1.54) is 11.3 Å². The molecule has 1 aliphatic rings. The number of hydrogen-bond acceptors (Lipinski definition) is 5. The van der Waals surface area contributed by atoms with Gasteiger partial charge in [-0.3, -0.25) is 9.80 Å². The average Bonchev–Trinajstić information content (AvgIpc) is 2.89. The van der Waals surface area contributed by atoms with Crippen LogP contribution in [0.25, 0.3) is 0 Å². The maximum absolute atomic E-state index is 10.8. The van der Waals surface area contributed by atoms with Crippen molar-refractivity contribution >= 4 is 17.8 Å². The van der Waals surface area contributed by atoms with Crippen LogP contribution in [0.15, 0.2) is 53.6 Å². The van der Waals surface area contributed by atoms with Crippen molar-refractivity contribution in [3.63, 3.8) is 0 Å². The van der Waals surface area contributed by atoms with E-state index >= 15 is 0 Å². The lowest BCUT2D eigenvalue weighted by molar-refractivity contribution is 0.112. The maximum Gasteiger partial charge on any atom is 0.157 e. The molecule has 5 heteroatoms. The van der Waals surface area contributed by atoms with Gasteiger partial charge in [0.2, 0.25) is 0 Å². The van der Waals surface area contributed by atoms with Gasteiger partial charge in [-0.2, -0.15) is 5.10 Å². The van der Waals surface area contributed by atoms with E-state index in [1.54, 1.807) is 0 Å². The van der Waals surface area contributed by atoms with Crippen LogP contribution in [0.2, 0.25) is 0 Å². The Hall–Kier alpha value is -2.82. The Morgan fingerprint density at radius 2 is 1.62 bits per heavy atom. The van der Waals surface area contributed by atoms with E-state index in [0.717, 1.165) is 17.7 Å². The van der Waals surface area contributed by atoms with Crippen LogP contribution >= 0.6 is 0 Å². The van der Waals surface area contributed by atoms with Gasteiger partial charge in [-0.05, 0) is 17.7 Å². The van der Waals surface area contributed by atoms with Crippen LogP contribution in [0.3, 0.4) is 0 Å². The molecule has 1 atom stereocenters. The molecule has 0 bridgehead atoms. The van der Waals surface area contributed by atoms with Gasteiger partial charge in [0.05, 0.1) is 0 Å². The minimum atomic E-state index is 0.0574. The third-order valence-corrected chi connectivity index (χ3v) is 4.32. The second-order valence-corrected chi connectivity index (χ2v) is 6.21. The summed E-state index contributed by atoms with van der Waals surface area (Å²) in [5.74, 6) is 0.900. The number of aldehydes is 1. The normalized spacial score (nSPS) is 17.0. The number of rotatable bonds is 4. The van der Waals surface area contributed by atoms with E-state index in [2.05, 4.69) is 39.2 Å². The molecule has 24 heavy (non-hydrogen) atoms. The first kappa shape index (κ1) is 16.1. The molecule has 3 rings (SSSR count). The molecular formula is C19H22N4O. The second-order valence-electron chi connectivity index (χ2n) is 6.21. The van der Waals surface area contributed by atoms with Crippen molar-refractivity contribution in [1.29, 1.82) is 0 Å². The molecule has 0 spiro atoms. The minimum Gasteiger partial charge on any atom is -0.378 e. The first-order chi connectivity index (χ1) is 11.5. The largest absolute Gasteiger partial charge is 0.378 e. The van der Waals surface area contributed by atoms with Gasteiger partial charge in [-0.1, -0.05) is 36.4 Å². The van der Waals surface area contributed by atoms with Crippen LogP contribution in [0, 0.1) is 0 Å². The highest BCUT2D eigenvalue weighted by atomic mass is 16.1. The summed E-state index contributed by atoms with van der Waals surface area (Å²) in [6.07, 6.45) is 0.910. The van der Waals surface area contributed by atoms with Gasteiger partial charge in [0.15, 0.2) is 5.84 Å². The molecule has 5 nitrogen and oxygen atoms in total. The molecule has 1 aliphatic heterocycles. The van der Waals surface area contributed by atoms with Gasteiger partial charge in [-0.15, -0.1) is 0 Å². The van der Waals surface area contributed by atoms with Crippen LogP contribution in [0.4, 0.5) is 5.69 Å². The van der Waals surface area contributed by atoms with E-state index in [-0.39, 0.29) is 6.17 Å². The third kappa shape index (κ3) is 2.85. The highest BCUT2D eigenvalue weighted by molar-refractivity contribution is 6.00. The predicted molar refractivity (Wildman–Crippen MR) is 97.4 cm³/mol. The zero-order valence-electron chi connectivity index (χ0n) is 14.5. The number of hydrogen-bond donors (Lipinski definition) is 0. The van der Waals surface area contributed by atoms with Crippen molar-refractivity contribution in [1.82, 2.24) is 9.91 Å². The summed E-state index contributed by atoms with van der Waals surface area (Å²) in [6, 6.07) is 16.0. The van der Waals surface area contributed by atoms with Gasteiger partial charge in [-0.25, -0.2) is 0 Å². The molecule has 0 N–H and O–H groups in total. The SMILES string of the molecule is CN(C)c1ccc(C2N(C)N=C(c3ccc(C=O)cc3)N2C)cc1. The fraction of sp³-hybridized carbons (Fsp3) is 0.263. The molecule has 1 unspecified atom stereocenters. The topological polar surface area (TPSA) is 39.1 Å². The molecule has 0 aliphatic carbocycles. The van der Waals surface area contributed by atoms with Gasteiger partial charge in [0.25, 0.3) is 0 Å². The monoisotopic (exact) mass is 322 g/mol. The van der Waals surface area contributed by atoms with Gasteiger partial charge >= 0.3 is 0 Å². The predicted octanol–water partition coefficient (Wildman–Crippen LogP) is 2.80. The van der Waals surface area contributed by atoms with Crippen molar-refractivity contribution < 1.29 is 4.79 Å². The van der Waals surface area contributed by atoms with Crippen LogP contribution in [0.1, 0.15) is 27.7 Å². The summed E-state index contributed by atoms with van der Waals surface area (Å²) >= 11 is 0. The number of anilines is 1. The van der Waals surface area contributed by atoms with Gasteiger partial charge < -0.3 is 9.80 Å². The Balaban J connectivity index is 1.86. The number of nitrogens with zero attached hydrogens (tertiary/aromatic N) is 4. The number of carbonyl (C=O) groups excluding carboxylic acids is 1. The first-order valence-corrected chi connectivity index (χ1v) is 7.88. The highest BCUT2D eigenvalue weighted by Gasteiger charge is 2.31. The number of carbonyl (C=O) groups is 1. The lowest BCUT2D eigenvalue weighted by Gasteiger charge is -2.27. The van der Waals surface area contributed by atoms with Crippen LogP contribution in [-0.2, 0) is 0 Å². The Morgan fingerprint density at radius 1 is 1.00 bits per heavy atom. The minimum absolute atomic E-state index is 0.0574. The quantitative estimate of drug-likeness (QED) is 0.812. The first-order valence-electron chi connectivity index (χ1n) is 7.88. The maximum atomic E-state index is 10.8. The van der Waals surface area contributed by atoms with E-state index < -0.39 is 0 Å². The molecule has 2 aromatic carbocycles. The second kappa shape index (κ2) is 6.35. The van der Waals surface area contributed by atoms with E-state index in [1.807, 2.05) is 57.5 Å². The van der Waals surface area contributed by atoms with E-state index in [9.17, 15) is 4.79 Å². The molecule has 0 saturated heterocycles. The number of benzene rings is 2. The molecule has 2 aromatic rings. The van der Waals surface area contributed by atoms with Crippen LogP contribution in [-0.4, -0.2) is 50.2 Å². The third-order valence-electron chi connectivity index (χ3n) is 4.32. The summed E-state index contributed by atoms with van der Waals surface area (Å²) in [5, 5.41) is 6.65. The molecule has 0 fully saturated rings.